The quantitative estimate of drug-likeness (QED) is 0.646. The van der Waals surface area contributed by atoms with Crippen LogP contribution < -0.4 is 10.2 Å². The van der Waals surface area contributed by atoms with Gasteiger partial charge in [-0.3, -0.25) is 0 Å². The predicted molar refractivity (Wildman–Crippen MR) is 64.7 cm³/mol. The maximum Gasteiger partial charge on any atom is 0.326 e. The third-order valence-corrected chi connectivity index (χ3v) is 3.52. The Morgan fingerprint density at radius 2 is 1.81 bits per heavy atom. The Hall–Kier alpha value is -1.39. The Bertz CT molecular complexity index is 542. The molecule has 0 atom stereocenters. The number of para-hydroxylation sites is 1. The van der Waals surface area contributed by atoms with Gasteiger partial charge in [0, 0.05) is 0 Å². The van der Waals surface area contributed by atoms with Gasteiger partial charge in [-0.25, -0.2) is 0 Å². The van der Waals surface area contributed by atoms with Crippen molar-refractivity contribution in [1.82, 2.24) is 0 Å². The first-order chi connectivity index (χ1) is 7.86. The second-order valence-corrected chi connectivity index (χ2v) is 4.57. The highest BCUT2D eigenvalue weighted by Gasteiger charge is 2.17. The van der Waals surface area contributed by atoms with Gasteiger partial charge >= 0.3 is 7.48 Å². The largest absolute Gasteiger partial charge is 0.455 e. The van der Waals surface area contributed by atoms with Crippen molar-refractivity contribution in [2.75, 3.05) is 0 Å². The van der Waals surface area contributed by atoms with Crippen LogP contribution in [-0.2, 0) is 0 Å². The van der Waals surface area contributed by atoms with Gasteiger partial charge in [0.15, 0.2) is 0 Å². The van der Waals surface area contributed by atoms with Crippen LogP contribution in [0.5, 0.6) is 11.5 Å². The van der Waals surface area contributed by atoms with Gasteiger partial charge in [-0.05, 0) is 29.7 Å². The van der Waals surface area contributed by atoms with Gasteiger partial charge in [-0.15, -0.1) is 0 Å². The lowest BCUT2D eigenvalue weighted by Crippen LogP contribution is -2.13. The molecule has 4 heteroatoms. The number of hydrogen-bond donors (Lipinski definition) is 1. The van der Waals surface area contributed by atoms with Crippen molar-refractivity contribution in [3.05, 3.63) is 42.5 Å². The maximum atomic E-state index is 8.95. The molecule has 0 aromatic heterocycles. The first kappa shape index (κ1) is 9.81. The molecule has 3 rings (SSSR count). The summed E-state index contributed by atoms with van der Waals surface area (Å²) < 4.78 is 5.77. The van der Waals surface area contributed by atoms with Crippen LogP contribution in [-0.4, -0.2) is 12.5 Å². The molecular formula is C12H8BO2S. The molecule has 2 nitrogen and oxygen atoms in total. The van der Waals surface area contributed by atoms with E-state index in [0.29, 0.717) is 0 Å². The first-order valence-electron chi connectivity index (χ1n) is 4.93. The van der Waals surface area contributed by atoms with E-state index in [4.69, 9.17) is 9.76 Å². The van der Waals surface area contributed by atoms with E-state index in [-0.39, 0.29) is 0 Å². The summed E-state index contributed by atoms with van der Waals surface area (Å²) in [6, 6.07) is 13.6. The minimum absolute atomic E-state index is 0.749. The molecule has 0 amide bonds. The Kier molecular flexibility index (Phi) is 2.38. The molecule has 1 aliphatic rings. The molecule has 0 bridgehead atoms. The Morgan fingerprint density at radius 1 is 1.00 bits per heavy atom. The van der Waals surface area contributed by atoms with E-state index in [1.54, 1.807) is 11.8 Å². The van der Waals surface area contributed by atoms with Crippen molar-refractivity contribution in [2.24, 2.45) is 0 Å². The molecule has 0 saturated carbocycles. The summed E-state index contributed by atoms with van der Waals surface area (Å²) in [7, 11) is 1.08. The van der Waals surface area contributed by atoms with Crippen LogP contribution in [0.1, 0.15) is 0 Å². The number of benzene rings is 2. The zero-order valence-electron chi connectivity index (χ0n) is 8.38. The third-order valence-electron chi connectivity index (χ3n) is 2.41. The number of hydrogen-bond acceptors (Lipinski definition) is 3. The van der Waals surface area contributed by atoms with Gasteiger partial charge in [0.2, 0.25) is 0 Å². The van der Waals surface area contributed by atoms with Crippen molar-refractivity contribution in [1.29, 1.82) is 0 Å². The van der Waals surface area contributed by atoms with Gasteiger partial charge < -0.3 is 9.76 Å². The zero-order valence-corrected chi connectivity index (χ0v) is 9.20. The Balaban J connectivity index is 2.05. The molecule has 0 unspecified atom stereocenters. The van der Waals surface area contributed by atoms with Crippen LogP contribution in [0.25, 0.3) is 0 Å². The summed E-state index contributed by atoms with van der Waals surface area (Å²) in [6.45, 7) is 0. The Morgan fingerprint density at radius 3 is 2.69 bits per heavy atom. The van der Waals surface area contributed by atoms with E-state index < -0.39 is 0 Å². The van der Waals surface area contributed by atoms with Crippen LogP contribution in [0.2, 0.25) is 0 Å². The monoisotopic (exact) mass is 227 g/mol. The molecule has 16 heavy (non-hydrogen) atoms. The van der Waals surface area contributed by atoms with E-state index in [2.05, 4.69) is 0 Å². The summed E-state index contributed by atoms with van der Waals surface area (Å²) in [5, 5.41) is 8.95. The van der Waals surface area contributed by atoms with Crippen molar-refractivity contribution in [3.63, 3.8) is 0 Å². The van der Waals surface area contributed by atoms with Gasteiger partial charge in [-0.1, -0.05) is 30.0 Å². The summed E-state index contributed by atoms with van der Waals surface area (Å²) >= 11 is 1.68. The van der Waals surface area contributed by atoms with E-state index in [1.807, 2.05) is 42.5 Å². The first-order valence-corrected chi connectivity index (χ1v) is 5.75. The minimum atomic E-state index is 0.749. The van der Waals surface area contributed by atoms with Crippen LogP contribution >= 0.6 is 11.8 Å². The van der Waals surface area contributed by atoms with Gasteiger partial charge in [-0.2, -0.15) is 0 Å². The van der Waals surface area contributed by atoms with E-state index in [1.165, 1.54) is 0 Å². The van der Waals surface area contributed by atoms with Crippen molar-refractivity contribution < 1.29 is 9.76 Å². The van der Waals surface area contributed by atoms with Gasteiger partial charge in [0.25, 0.3) is 0 Å². The molecule has 2 aromatic carbocycles. The SMILES string of the molecule is O[B]c1ccc2c(c1)Oc1ccccc1S2. The molecule has 1 N–H and O–H groups in total. The zero-order chi connectivity index (χ0) is 11.0. The highest BCUT2D eigenvalue weighted by atomic mass is 32.2. The maximum absolute atomic E-state index is 8.95. The summed E-state index contributed by atoms with van der Waals surface area (Å²) in [5.41, 5.74) is 0.749. The predicted octanol–water partition coefficient (Wildman–Crippen LogP) is 2.18. The molecule has 1 radical (unpaired) electrons. The minimum Gasteiger partial charge on any atom is -0.455 e. The average Bonchev–Trinajstić information content (AvgIpc) is 2.35. The molecule has 0 spiro atoms. The summed E-state index contributed by atoms with van der Waals surface area (Å²) in [4.78, 5) is 2.19. The molecule has 1 aliphatic heterocycles. The lowest BCUT2D eigenvalue weighted by molar-refractivity contribution is 0.455. The topological polar surface area (TPSA) is 29.5 Å². The number of rotatable bonds is 1. The molecule has 0 fully saturated rings. The van der Waals surface area contributed by atoms with Crippen LogP contribution in [0, 0.1) is 0 Å². The fourth-order valence-corrected chi connectivity index (χ4v) is 2.56. The Labute approximate surface area is 98.5 Å². The van der Waals surface area contributed by atoms with Gasteiger partial charge in [0.1, 0.15) is 11.5 Å². The lowest BCUT2D eigenvalue weighted by Gasteiger charge is -2.19. The second kappa shape index (κ2) is 3.89. The molecular weight excluding hydrogens is 219 g/mol. The van der Waals surface area contributed by atoms with Crippen LogP contribution in [0.3, 0.4) is 0 Å². The van der Waals surface area contributed by atoms with Crippen molar-refractivity contribution in [2.45, 2.75) is 9.79 Å². The fraction of sp³-hybridized carbons (Fsp3) is 0. The summed E-state index contributed by atoms with van der Waals surface area (Å²) in [6.07, 6.45) is 0. The van der Waals surface area contributed by atoms with Crippen molar-refractivity contribution >= 4 is 24.7 Å². The normalized spacial score (nSPS) is 12.3. The van der Waals surface area contributed by atoms with Crippen LogP contribution in [0.15, 0.2) is 52.3 Å². The summed E-state index contributed by atoms with van der Waals surface area (Å²) in [5.74, 6) is 1.67. The van der Waals surface area contributed by atoms with Crippen molar-refractivity contribution in [3.8, 4) is 11.5 Å². The average molecular weight is 227 g/mol. The van der Waals surface area contributed by atoms with E-state index >= 15 is 0 Å². The van der Waals surface area contributed by atoms with E-state index in [0.717, 1.165) is 34.2 Å². The molecule has 0 aliphatic carbocycles. The molecule has 77 valence electrons. The molecule has 0 saturated heterocycles. The third kappa shape index (κ3) is 1.60. The molecule has 1 heterocycles. The number of ether oxygens (including phenoxy) is 1. The smallest absolute Gasteiger partial charge is 0.326 e. The molecule has 2 aromatic rings. The van der Waals surface area contributed by atoms with Gasteiger partial charge in [0.05, 0.1) is 9.79 Å². The fourth-order valence-electron chi connectivity index (χ4n) is 1.62. The second-order valence-electron chi connectivity index (χ2n) is 3.49. The lowest BCUT2D eigenvalue weighted by atomic mass is 9.89. The standard InChI is InChI=1S/C12H8BO2S/c14-13-8-5-6-12-10(7-8)15-9-3-1-2-4-11(9)16-12/h1-7,14H. The van der Waals surface area contributed by atoms with Crippen LogP contribution in [0.4, 0.5) is 0 Å². The van der Waals surface area contributed by atoms with E-state index in [9.17, 15) is 0 Å². The highest BCUT2D eigenvalue weighted by Crippen LogP contribution is 2.46. The highest BCUT2D eigenvalue weighted by molar-refractivity contribution is 7.99. The number of fused-ring (bicyclic) bond motifs is 2.